The number of carbonyl (C=O) groups excluding carboxylic acids is 3. The van der Waals surface area contributed by atoms with Gasteiger partial charge in [0.05, 0.1) is 6.20 Å². The average Bonchev–Trinajstić information content (AvgIpc) is 3.49. The molecule has 10 heteroatoms. The van der Waals surface area contributed by atoms with Crippen molar-refractivity contribution in [3.05, 3.63) is 90.1 Å². The average molecular weight is 596 g/mol. The number of hydrogen-bond donors (Lipinski definition) is 2. The number of carbonyl (C=O) groups is 3. The lowest BCUT2D eigenvalue weighted by Gasteiger charge is -2.15. The summed E-state index contributed by atoms with van der Waals surface area (Å²) >= 11 is 0. The Hall–Kier alpha value is -4.31. The van der Waals surface area contributed by atoms with Gasteiger partial charge in [-0.2, -0.15) is 13.2 Å². The summed E-state index contributed by atoms with van der Waals surface area (Å²) in [6, 6.07) is 24.9. The van der Waals surface area contributed by atoms with E-state index in [0.717, 1.165) is 49.2 Å². The van der Waals surface area contributed by atoms with Crippen molar-refractivity contribution in [2.24, 2.45) is 10.9 Å². The van der Waals surface area contributed by atoms with Crippen LogP contribution in [0.1, 0.15) is 56.6 Å². The highest BCUT2D eigenvalue weighted by Crippen LogP contribution is 2.21. The minimum atomic E-state index is -5.19. The molecule has 1 heterocycles. The van der Waals surface area contributed by atoms with E-state index in [1.165, 1.54) is 16.3 Å². The zero-order valence-corrected chi connectivity index (χ0v) is 24.0. The van der Waals surface area contributed by atoms with E-state index in [1.807, 2.05) is 43.5 Å². The third-order valence-electron chi connectivity index (χ3n) is 7.04. The fourth-order valence-electron chi connectivity index (χ4n) is 4.63. The summed E-state index contributed by atoms with van der Waals surface area (Å²) < 4.78 is 31.5. The van der Waals surface area contributed by atoms with E-state index in [9.17, 15) is 22.8 Å². The number of nitrogens with one attached hydrogen (secondary N) is 1. The van der Waals surface area contributed by atoms with Gasteiger partial charge in [-0.1, -0.05) is 80.4 Å². The quantitative estimate of drug-likeness (QED) is 0.287. The second-order valence-electron chi connectivity index (χ2n) is 10.2. The topological polar surface area (TPSA) is 115 Å². The second kappa shape index (κ2) is 16.4. The van der Waals surface area contributed by atoms with Gasteiger partial charge in [0.15, 0.2) is 5.70 Å². The molecule has 4 rings (SSSR count). The van der Waals surface area contributed by atoms with Crippen molar-refractivity contribution < 1.29 is 38.0 Å². The number of carboxylic acid groups (broad SMARTS) is 1. The Labute approximate surface area is 248 Å². The van der Waals surface area contributed by atoms with Gasteiger partial charge in [-0.3, -0.25) is 14.9 Å². The van der Waals surface area contributed by atoms with E-state index in [4.69, 9.17) is 9.90 Å². The number of unbranched alkanes of at least 4 members (excludes halogenated alkanes) is 2. The van der Waals surface area contributed by atoms with Gasteiger partial charge in [0.1, 0.15) is 17.7 Å². The van der Waals surface area contributed by atoms with Crippen molar-refractivity contribution in [3.63, 3.8) is 0 Å². The molecule has 1 unspecified atom stereocenters. The zero-order valence-electron chi connectivity index (χ0n) is 24.0. The number of carboxylic acids is 1. The normalized spacial score (nSPS) is 13.4. The maximum absolute atomic E-state index is 13.3. The Morgan fingerprint density at radius 2 is 1.60 bits per heavy atom. The number of aliphatic imine (C=N–C) groups is 1. The second-order valence-corrected chi connectivity index (χ2v) is 10.2. The number of hydrogen-bond acceptors (Lipinski definition) is 5. The molecule has 0 aromatic heterocycles. The monoisotopic (exact) mass is 595 g/mol. The van der Waals surface area contributed by atoms with Gasteiger partial charge < -0.3 is 15.2 Å². The van der Waals surface area contributed by atoms with E-state index in [-0.39, 0.29) is 11.8 Å². The fraction of sp³-hybridized carbons (Fsp3) is 0.333. The van der Waals surface area contributed by atoms with Crippen LogP contribution < -0.4 is 15.7 Å². The van der Waals surface area contributed by atoms with Gasteiger partial charge in [-0.15, -0.1) is 0 Å². The lowest BCUT2D eigenvalue weighted by Crippen LogP contribution is -2.85. The van der Waals surface area contributed by atoms with Crippen molar-refractivity contribution in [1.29, 1.82) is 0 Å². The number of ketones is 1. The van der Waals surface area contributed by atoms with Gasteiger partial charge in [0.2, 0.25) is 11.7 Å². The number of quaternary nitrogens is 1. The van der Waals surface area contributed by atoms with Crippen molar-refractivity contribution in [1.82, 2.24) is 5.32 Å². The highest BCUT2D eigenvalue weighted by Gasteiger charge is 2.31. The summed E-state index contributed by atoms with van der Waals surface area (Å²) in [6.45, 7) is 2.51. The van der Waals surface area contributed by atoms with Crippen LogP contribution >= 0.6 is 0 Å². The minimum Gasteiger partial charge on any atom is -0.542 e. The molecule has 1 atom stereocenters. The molecule has 0 bridgehead atoms. The molecule has 0 saturated heterocycles. The molecule has 7 nitrogen and oxygen atoms in total. The summed E-state index contributed by atoms with van der Waals surface area (Å²) in [7, 11) is 0. The predicted octanol–water partition coefficient (Wildman–Crippen LogP) is 4.32. The Balaban J connectivity index is 0.000000646. The molecular weight excluding hydrogens is 559 g/mol. The number of nitrogens with zero attached hydrogens (tertiary/aromatic N) is 1. The van der Waals surface area contributed by atoms with E-state index < -0.39 is 12.1 Å². The van der Waals surface area contributed by atoms with Crippen molar-refractivity contribution in [3.8, 4) is 0 Å². The Morgan fingerprint density at radius 1 is 0.930 bits per heavy atom. The molecule has 43 heavy (non-hydrogen) atoms. The highest BCUT2D eigenvalue weighted by molar-refractivity contribution is 6.01. The van der Waals surface area contributed by atoms with Crippen LogP contribution in [0, 0.1) is 5.92 Å². The Kier molecular flexibility index (Phi) is 12.6. The van der Waals surface area contributed by atoms with Crippen molar-refractivity contribution in [2.45, 2.75) is 58.0 Å². The number of amides is 1. The molecule has 0 fully saturated rings. The molecule has 1 aliphatic heterocycles. The van der Waals surface area contributed by atoms with E-state index in [0.29, 0.717) is 25.2 Å². The van der Waals surface area contributed by atoms with E-state index in [1.54, 1.807) is 0 Å². The van der Waals surface area contributed by atoms with Crippen LogP contribution in [0.5, 0.6) is 0 Å². The van der Waals surface area contributed by atoms with Crippen LogP contribution in [-0.2, 0) is 20.8 Å². The molecule has 0 spiro atoms. The first-order valence-corrected chi connectivity index (χ1v) is 14.3. The number of alkyl halides is 3. The Morgan fingerprint density at radius 3 is 2.28 bits per heavy atom. The van der Waals surface area contributed by atoms with Crippen LogP contribution in [0.15, 0.2) is 84.0 Å². The molecule has 1 amide bonds. The number of benzene rings is 3. The van der Waals surface area contributed by atoms with E-state index >= 15 is 0 Å². The number of Topliss-reactive ketones (excluding diaryl/α,β-unsaturated/α-hetero) is 1. The first-order valence-electron chi connectivity index (χ1n) is 14.3. The van der Waals surface area contributed by atoms with Gasteiger partial charge in [0, 0.05) is 24.9 Å². The van der Waals surface area contributed by atoms with E-state index in [2.05, 4.69) is 58.1 Å². The van der Waals surface area contributed by atoms with Crippen LogP contribution in [0.2, 0.25) is 0 Å². The predicted molar refractivity (Wildman–Crippen MR) is 157 cm³/mol. The summed E-state index contributed by atoms with van der Waals surface area (Å²) in [5, 5.41) is 16.4. The standard InChI is InChI=1S/C31H35N3O2.C2HF3O2/c1-2-27(35)15-7-4-8-16-28(31(36)32-20-19-23-11-5-3-6-12-23)30-33-22-29(34-30)26-18-17-24-13-9-10-14-25(24)21-26;3-2(4,5)1(6)7/h3,5-6,9-14,17-18,21-22,28H,2,4,7-8,15-16,19-20H2,1H3,(H,32,36)(H,33,34);(H,6,7). The van der Waals surface area contributed by atoms with Crippen molar-refractivity contribution >= 4 is 40.0 Å². The number of halogens is 3. The summed E-state index contributed by atoms with van der Waals surface area (Å²) in [4.78, 5) is 38.4. The fourth-order valence-corrected chi connectivity index (χ4v) is 4.63. The molecule has 0 radical (unpaired) electrons. The van der Waals surface area contributed by atoms with Gasteiger partial charge in [0.25, 0.3) is 0 Å². The zero-order chi connectivity index (χ0) is 31.2. The van der Waals surface area contributed by atoms with Crippen LogP contribution in [-0.4, -0.2) is 36.2 Å². The van der Waals surface area contributed by atoms with Gasteiger partial charge in [-0.05, 0) is 47.7 Å². The lowest BCUT2D eigenvalue weighted by atomic mass is 9.97. The minimum absolute atomic E-state index is 0.0266. The smallest absolute Gasteiger partial charge is 0.430 e. The first kappa shape index (κ1) is 33.2. The number of fused-ring (bicyclic) bond motifs is 1. The Bertz CT molecular complexity index is 1450. The van der Waals surface area contributed by atoms with Gasteiger partial charge >= 0.3 is 6.18 Å². The molecular formula is C33H36F3N3O4. The van der Waals surface area contributed by atoms with Crippen LogP contribution in [0.4, 0.5) is 13.2 Å². The summed E-state index contributed by atoms with van der Waals surface area (Å²) in [5.41, 5.74) is 3.35. The molecule has 3 aromatic rings. The summed E-state index contributed by atoms with van der Waals surface area (Å²) in [6.07, 6.45) is 2.16. The number of nitrogens with two attached hydrogens (primary N) is 1. The lowest BCUT2D eigenvalue weighted by molar-refractivity contribution is -0.435. The maximum atomic E-state index is 13.3. The van der Waals surface area contributed by atoms with Crippen LogP contribution in [0.25, 0.3) is 16.5 Å². The van der Waals surface area contributed by atoms with Crippen LogP contribution in [0.3, 0.4) is 0 Å². The highest BCUT2D eigenvalue weighted by atomic mass is 19.4. The van der Waals surface area contributed by atoms with Crippen molar-refractivity contribution in [2.75, 3.05) is 6.54 Å². The first-order chi connectivity index (χ1) is 20.6. The molecule has 0 aliphatic carbocycles. The molecule has 1 aliphatic rings. The molecule has 0 saturated carbocycles. The summed E-state index contributed by atoms with van der Waals surface area (Å²) in [5.74, 6) is -2.15. The third-order valence-corrected chi connectivity index (χ3v) is 7.04. The SMILES string of the molecule is CCC(=O)CCCCCC(C(=O)NCCc1ccccc1)C1=NC=C(c2ccc3ccccc3c2)[NH2+]1.O=C([O-])C(F)(F)F. The largest absolute Gasteiger partial charge is 0.542 e. The molecule has 3 aromatic carbocycles. The number of amidine groups is 1. The maximum Gasteiger partial charge on any atom is 0.430 e. The van der Waals surface area contributed by atoms with Gasteiger partial charge in [-0.25, -0.2) is 4.99 Å². The number of aliphatic carboxylic acids is 1. The third kappa shape index (κ3) is 10.8. The molecule has 3 N–H and O–H groups in total. The number of rotatable bonds is 13. The molecule has 228 valence electrons.